The van der Waals surface area contributed by atoms with Gasteiger partial charge < -0.3 is 9.47 Å². The van der Waals surface area contributed by atoms with Crippen molar-refractivity contribution < 1.29 is 9.47 Å². The summed E-state index contributed by atoms with van der Waals surface area (Å²) in [7, 11) is 0. The second kappa shape index (κ2) is 4.17. The molecule has 0 N–H and O–H groups in total. The molecule has 1 aliphatic rings. The van der Waals surface area contributed by atoms with Crippen molar-refractivity contribution in [3.63, 3.8) is 0 Å². The third-order valence-corrected chi connectivity index (χ3v) is 3.47. The van der Waals surface area contributed by atoms with Gasteiger partial charge in [-0.2, -0.15) is 0 Å². The Kier molecular flexibility index (Phi) is 2.67. The highest BCUT2D eigenvalue weighted by molar-refractivity contribution is 9.10. The molecule has 2 aromatic carbocycles. The van der Waals surface area contributed by atoms with Crippen molar-refractivity contribution in [2.24, 2.45) is 0 Å². The zero-order valence-corrected chi connectivity index (χ0v) is 10.2. The number of fused-ring (bicyclic) bond motifs is 1. The third kappa shape index (κ3) is 1.65. The smallest absolute Gasteiger partial charge is 0.184 e. The van der Waals surface area contributed by atoms with E-state index in [1.807, 2.05) is 18.2 Å². The summed E-state index contributed by atoms with van der Waals surface area (Å²) in [5, 5.41) is 2.38. The molecule has 0 saturated carbocycles. The van der Waals surface area contributed by atoms with Gasteiger partial charge in [0.2, 0.25) is 0 Å². The molecule has 1 aliphatic heterocycles. The Hall–Kier alpha value is -0.900. The molecule has 0 radical (unpaired) electrons. The first-order valence-corrected chi connectivity index (χ1v) is 6.06. The number of benzene rings is 2. The summed E-state index contributed by atoms with van der Waals surface area (Å²) in [6.07, 6.45) is -0.210. The molecule has 3 heteroatoms. The van der Waals surface area contributed by atoms with Gasteiger partial charge in [-0.1, -0.05) is 46.3 Å². The van der Waals surface area contributed by atoms with Crippen LogP contribution in [0.2, 0.25) is 0 Å². The lowest BCUT2D eigenvalue weighted by Crippen LogP contribution is -1.99. The van der Waals surface area contributed by atoms with E-state index in [9.17, 15) is 0 Å². The minimum atomic E-state index is -0.210. The highest BCUT2D eigenvalue weighted by Gasteiger charge is 2.20. The highest BCUT2D eigenvalue weighted by atomic mass is 79.9. The van der Waals surface area contributed by atoms with Gasteiger partial charge >= 0.3 is 0 Å². The van der Waals surface area contributed by atoms with E-state index in [4.69, 9.17) is 9.47 Å². The van der Waals surface area contributed by atoms with Crippen molar-refractivity contribution in [2.75, 3.05) is 13.2 Å². The molecule has 1 heterocycles. The van der Waals surface area contributed by atoms with Crippen molar-refractivity contribution in [3.05, 3.63) is 46.4 Å². The largest absolute Gasteiger partial charge is 0.346 e. The van der Waals surface area contributed by atoms with Crippen LogP contribution in [0.25, 0.3) is 10.8 Å². The maximum Gasteiger partial charge on any atom is 0.184 e. The lowest BCUT2D eigenvalue weighted by molar-refractivity contribution is -0.0430. The molecule has 0 aliphatic carbocycles. The van der Waals surface area contributed by atoms with Crippen LogP contribution in [0.1, 0.15) is 11.9 Å². The molecule has 1 fully saturated rings. The van der Waals surface area contributed by atoms with Gasteiger partial charge in [-0.25, -0.2) is 0 Å². The predicted molar refractivity (Wildman–Crippen MR) is 66.3 cm³/mol. The summed E-state index contributed by atoms with van der Waals surface area (Å²) in [5.41, 5.74) is 1.11. The standard InChI is InChI=1S/C13H11BrO2/c14-12-6-5-11(13-15-7-8-16-13)9-3-1-2-4-10(9)12/h1-6,13H,7-8H2. The fourth-order valence-electron chi connectivity index (χ4n) is 2.03. The van der Waals surface area contributed by atoms with E-state index in [0.717, 1.165) is 10.0 Å². The Morgan fingerprint density at radius 2 is 1.62 bits per heavy atom. The fourth-order valence-corrected chi connectivity index (χ4v) is 2.51. The van der Waals surface area contributed by atoms with E-state index < -0.39 is 0 Å². The number of hydrogen-bond donors (Lipinski definition) is 0. The molecule has 0 bridgehead atoms. The maximum atomic E-state index is 5.55. The first-order valence-electron chi connectivity index (χ1n) is 5.26. The number of ether oxygens (including phenoxy) is 2. The summed E-state index contributed by atoms with van der Waals surface area (Å²) >= 11 is 3.56. The van der Waals surface area contributed by atoms with Crippen molar-refractivity contribution in [3.8, 4) is 0 Å². The van der Waals surface area contributed by atoms with Crippen molar-refractivity contribution in [1.82, 2.24) is 0 Å². The van der Waals surface area contributed by atoms with Crippen LogP contribution in [-0.4, -0.2) is 13.2 Å². The summed E-state index contributed by atoms with van der Waals surface area (Å²) in [4.78, 5) is 0. The number of rotatable bonds is 1. The Bertz CT molecular complexity index is 518. The Labute approximate surface area is 102 Å². The van der Waals surface area contributed by atoms with Gasteiger partial charge in [0, 0.05) is 10.0 Å². The van der Waals surface area contributed by atoms with Crippen LogP contribution in [0.4, 0.5) is 0 Å². The number of halogens is 1. The molecule has 0 atom stereocenters. The van der Waals surface area contributed by atoms with Crippen LogP contribution in [0.5, 0.6) is 0 Å². The van der Waals surface area contributed by atoms with Gasteiger partial charge in [-0.05, 0) is 16.8 Å². The SMILES string of the molecule is Brc1ccc(C2OCCO2)c2ccccc12. The molecule has 82 valence electrons. The molecule has 0 amide bonds. The van der Waals surface area contributed by atoms with Gasteiger partial charge in [0.25, 0.3) is 0 Å². The van der Waals surface area contributed by atoms with Crippen LogP contribution >= 0.6 is 15.9 Å². The average Bonchev–Trinajstić information content (AvgIpc) is 2.83. The zero-order chi connectivity index (χ0) is 11.0. The van der Waals surface area contributed by atoms with E-state index in [1.165, 1.54) is 10.8 Å². The quantitative estimate of drug-likeness (QED) is 0.793. The average molecular weight is 279 g/mol. The Balaban J connectivity index is 2.21. The van der Waals surface area contributed by atoms with E-state index in [1.54, 1.807) is 0 Å². The molecule has 16 heavy (non-hydrogen) atoms. The first-order chi connectivity index (χ1) is 7.86. The van der Waals surface area contributed by atoms with Crippen molar-refractivity contribution in [1.29, 1.82) is 0 Å². The molecular weight excluding hydrogens is 268 g/mol. The van der Waals surface area contributed by atoms with Gasteiger partial charge in [-0.15, -0.1) is 0 Å². The van der Waals surface area contributed by atoms with Crippen LogP contribution < -0.4 is 0 Å². The van der Waals surface area contributed by atoms with E-state index >= 15 is 0 Å². The topological polar surface area (TPSA) is 18.5 Å². The molecule has 0 unspecified atom stereocenters. The summed E-state index contributed by atoms with van der Waals surface area (Å²) in [6.45, 7) is 1.35. The molecule has 1 saturated heterocycles. The van der Waals surface area contributed by atoms with Crippen LogP contribution in [-0.2, 0) is 9.47 Å². The number of hydrogen-bond acceptors (Lipinski definition) is 2. The van der Waals surface area contributed by atoms with Crippen molar-refractivity contribution in [2.45, 2.75) is 6.29 Å². The van der Waals surface area contributed by atoms with Crippen LogP contribution in [0.3, 0.4) is 0 Å². The van der Waals surface area contributed by atoms with Gasteiger partial charge in [0.1, 0.15) is 0 Å². The Morgan fingerprint density at radius 3 is 2.38 bits per heavy atom. The molecule has 2 nitrogen and oxygen atoms in total. The van der Waals surface area contributed by atoms with Gasteiger partial charge in [-0.3, -0.25) is 0 Å². The van der Waals surface area contributed by atoms with Gasteiger partial charge in [0.05, 0.1) is 13.2 Å². The van der Waals surface area contributed by atoms with Crippen LogP contribution in [0, 0.1) is 0 Å². The van der Waals surface area contributed by atoms with Gasteiger partial charge in [0.15, 0.2) is 6.29 Å². The van der Waals surface area contributed by atoms with E-state index in [0.29, 0.717) is 13.2 Å². The maximum absolute atomic E-state index is 5.55. The van der Waals surface area contributed by atoms with Crippen LogP contribution in [0.15, 0.2) is 40.9 Å². The first kappa shape index (κ1) is 10.3. The minimum absolute atomic E-state index is 0.210. The second-order valence-corrected chi connectivity index (χ2v) is 4.61. The molecule has 0 aromatic heterocycles. The normalized spacial score (nSPS) is 17.1. The summed E-state index contributed by atoms with van der Waals surface area (Å²) < 4.78 is 12.2. The fraction of sp³-hybridized carbons (Fsp3) is 0.231. The lowest BCUT2D eigenvalue weighted by Gasteiger charge is -2.13. The molecule has 0 spiro atoms. The van der Waals surface area contributed by atoms with E-state index in [2.05, 4.69) is 34.1 Å². The summed E-state index contributed by atoms with van der Waals surface area (Å²) in [5.74, 6) is 0. The Morgan fingerprint density at radius 1 is 0.938 bits per heavy atom. The monoisotopic (exact) mass is 278 g/mol. The molecule has 3 rings (SSSR count). The lowest BCUT2D eigenvalue weighted by atomic mass is 10.0. The third-order valence-electron chi connectivity index (χ3n) is 2.78. The predicted octanol–water partition coefficient (Wildman–Crippen LogP) is 3.65. The molecular formula is C13H11BrO2. The van der Waals surface area contributed by atoms with Crippen molar-refractivity contribution >= 4 is 26.7 Å². The minimum Gasteiger partial charge on any atom is -0.346 e. The second-order valence-electron chi connectivity index (χ2n) is 3.76. The summed E-state index contributed by atoms with van der Waals surface area (Å²) in [6, 6.07) is 12.4. The highest BCUT2D eigenvalue weighted by Crippen LogP contribution is 2.33. The zero-order valence-electron chi connectivity index (χ0n) is 8.65. The molecule has 2 aromatic rings. The van der Waals surface area contributed by atoms with E-state index in [-0.39, 0.29) is 6.29 Å².